The van der Waals surface area contributed by atoms with Gasteiger partial charge in [-0.15, -0.1) is 0 Å². The lowest BCUT2D eigenvalue weighted by atomic mass is 10.2. The average molecular weight is 568 g/mol. The standard InChI is InChI=1S/C27H26BrN3O6/c1-3-13-36-22-10-8-19(9-11-22)27(34)37-23-12-7-18(14-24(23)35-2)16-30-31-25(32)17-29-26(33)20-5-4-6-21(28)15-20/h4-12,14-16H,3,13,17H2,1-2H3,(H,29,33)(H,31,32)/b30-16-. The molecular weight excluding hydrogens is 542 g/mol. The lowest BCUT2D eigenvalue weighted by Crippen LogP contribution is -2.34. The number of nitrogens with one attached hydrogen (secondary N) is 2. The Labute approximate surface area is 222 Å². The van der Waals surface area contributed by atoms with Crippen LogP contribution in [0.5, 0.6) is 17.2 Å². The molecule has 0 unspecified atom stereocenters. The van der Waals surface area contributed by atoms with Crippen LogP contribution in [0.15, 0.2) is 76.3 Å². The van der Waals surface area contributed by atoms with Crippen LogP contribution in [-0.2, 0) is 4.79 Å². The zero-order valence-electron chi connectivity index (χ0n) is 20.3. The Balaban J connectivity index is 1.53. The summed E-state index contributed by atoms with van der Waals surface area (Å²) < 4.78 is 17.1. The van der Waals surface area contributed by atoms with Crippen LogP contribution in [0.25, 0.3) is 0 Å². The van der Waals surface area contributed by atoms with Crippen molar-refractivity contribution in [1.29, 1.82) is 0 Å². The maximum absolute atomic E-state index is 12.5. The summed E-state index contributed by atoms with van der Waals surface area (Å²) in [4.78, 5) is 36.6. The Morgan fingerprint density at radius 1 is 0.973 bits per heavy atom. The predicted molar refractivity (Wildman–Crippen MR) is 142 cm³/mol. The second-order valence-corrected chi connectivity index (χ2v) is 8.57. The van der Waals surface area contributed by atoms with Gasteiger partial charge in [0, 0.05) is 10.0 Å². The van der Waals surface area contributed by atoms with Crippen LogP contribution < -0.4 is 25.0 Å². The number of nitrogens with zero attached hydrogens (tertiary/aromatic N) is 1. The van der Waals surface area contributed by atoms with E-state index >= 15 is 0 Å². The number of amides is 2. The summed E-state index contributed by atoms with van der Waals surface area (Å²) >= 11 is 3.30. The SMILES string of the molecule is CCCOc1ccc(C(=O)Oc2ccc(/C=N\NC(=O)CNC(=O)c3cccc(Br)c3)cc2OC)cc1. The van der Waals surface area contributed by atoms with Crippen LogP contribution in [0.4, 0.5) is 0 Å². The molecule has 0 saturated carbocycles. The normalized spacial score (nSPS) is 10.6. The first-order valence-corrected chi connectivity index (χ1v) is 12.2. The minimum Gasteiger partial charge on any atom is -0.494 e. The first-order chi connectivity index (χ1) is 17.9. The van der Waals surface area contributed by atoms with Crippen molar-refractivity contribution in [3.63, 3.8) is 0 Å². The van der Waals surface area contributed by atoms with Gasteiger partial charge < -0.3 is 19.5 Å². The Kier molecular flexibility index (Phi) is 10.2. The van der Waals surface area contributed by atoms with Crippen molar-refractivity contribution in [2.45, 2.75) is 13.3 Å². The van der Waals surface area contributed by atoms with E-state index in [0.717, 1.165) is 10.9 Å². The number of ether oxygens (including phenoxy) is 3. The maximum Gasteiger partial charge on any atom is 0.343 e. The van der Waals surface area contributed by atoms with Gasteiger partial charge in [0.1, 0.15) is 5.75 Å². The molecule has 10 heteroatoms. The van der Waals surface area contributed by atoms with Crippen molar-refractivity contribution in [3.05, 3.63) is 87.9 Å². The summed E-state index contributed by atoms with van der Waals surface area (Å²) in [6.45, 7) is 2.37. The third-order valence-corrected chi connectivity index (χ3v) is 5.35. The molecule has 0 heterocycles. The number of methoxy groups -OCH3 is 1. The monoisotopic (exact) mass is 567 g/mol. The van der Waals surface area contributed by atoms with Crippen molar-refractivity contribution in [3.8, 4) is 17.2 Å². The summed E-state index contributed by atoms with van der Waals surface area (Å²) in [6, 6.07) is 18.3. The number of hydrogen-bond acceptors (Lipinski definition) is 7. The lowest BCUT2D eigenvalue weighted by Gasteiger charge is -2.10. The highest BCUT2D eigenvalue weighted by Gasteiger charge is 2.13. The van der Waals surface area contributed by atoms with Gasteiger partial charge in [0.2, 0.25) is 0 Å². The fraction of sp³-hybridized carbons (Fsp3) is 0.185. The zero-order chi connectivity index (χ0) is 26.6. The van der Waals surface area contributed by atoms with E-state index in [4.69, 9.17) is 14.2 Å². The molecule has 2 amide bonds. The van der Waals surface area contributed by atoms with Crippen molar-refractivity contribution in [1.82, 2.24) is 10.7 Å². The molecule has 0 aliphatic rings. The lowest BCUT2D eigenvalue weighted by molar-refractivity contribution is -0.120. The summed E-state index contributed by atoms with van der Waals surface area (Å²) in [5.41, 5.74) is 3.73. The number of hydrazone groups is 1. The zero-order valence-corrected chi connectivity index (χ0v) is 21.9. The number of carbonyl (C=O) groups is 3. The quantitative estimate of drug-likeness (QED) is 0.154. The van der Waals surface area contributed by atoms with Crippen LogP contribution in [0.1, 0.15) is 39.6 Å². The molecule has 2 N–H and O–H groups in total. The Morgan fingerprint density at radius 3 is 2.46 bits per heavy atom. The number of esters is 1. The van der Waals surface area contributed by atoms with Crippen LogP contribution >= 0.6 is 15.9 Å². The van der Waals surface area contributed by atoms with Gasteiger partial charge in [0.05, 0.1) is 32.0 Å². The van der Waals surface area contributed by atoms with Crippen molar-refractivity contribution >= 4 is 39.9 Å². The largest absolute Gasteiger partial charge is 0.494 e. The summed E-state index contributed by atoms with van der Waals surface area (Å²) in [6.07, 6.45) is 2.29. The molecule has 0 radical (unpaired) electrons. The van der Waals surface area contributed by atoms with Gasteiger partial charge in [-0.25, -0.2) is 10.2 Å². The van der Waals surface area contributed by atoms with Gasteiger partial charge >= 0.3 is 5.97 Å². The van der Waals surface area contributed by atoms with Crippen molar-refractivity contribution in [2.75, 3.05) is 20.3 Å². The molecule has 0 fully saturated rings. The molecule has 3 aromatic carbocycles. The van der Waals surface area contributed by atoms with E-state index in [9.17, 15) is 14.4 Å². The third-order valence-electron chi connectivity index (χ3n) is 4.85. The van der Waals surface area contributed by atoms with Gasteiger partial charge in [-0.3, -0.25) is 9.59 Å². The van der Waals surface area contributed by atoms with Gasteiger partial charge in [-0.2, -0.15) is 5.10 Å². The van der Waals surface area contributed by atoms with Crippen LogP contribution in [-0.4, -0.2) is 44.3 Å². The Hall–Kier alpha value is -4.18. The van der Waals surface area contributed by atoms with E-state index < -0.39 is 11.9 Å². The molecule has 192 valence electrons. The number of hydrogen-bond donors (Lipinski definition) is 2. The first-order valence-electron chi connectivity index (χ1n) is 11.4. The molecule has 3 aromatic rings. The summed E-state index contributed by atoms with van der Waals surface area (Å²) in [5.74, 6) is -0.195. The number of benzene rings is 3. The van der Waals surface area contributed by atoms with E-state index in [1.54, 1.807) is 66.7 Å². The van der Waals surface area contributed by atoms with Crippen LogP contribution in [0.3, 0.4) is 0 Å². The highest BCUT2D eigenvalue weighted by molar-refractivity contribution is 9.10. The van der Waals surface area contributed by atoms with Gasteiger partial charge in [-0.05, 0) is 72.6 Å². The highest BCUT2D eigenvalue weighted by Crippen LogP contribution is 2.28. The van der Waals surface area contributed by atoms with Gasteiger partial charge in [0.15, 0.2) is 11.5 Å². The topological polar surface area (TPSA) is 115 Å². The molecule has 0 aromatic heterocycles. The second-order valence-electron chi connectivity index (χ2n) is 7.66. The molecule has 9 nitrogen and oxygen atoms in total. The number of carbonyl (C=O) groups excluding carboxylic acids is 3. The van der Waals surface area contributed by atoms with E-state index in [-0.39, 0.29) is 18.2 Å². The van der Waals surface area contributed by atoms with E-state index in [0.29, 0.717) is 34.8 Å². The van der Waals surface area contributed by atoms with Gasteiger partial charge in [-0.1, -0.05) is 28.9 Å². The van der Waals surface area contributed by atoms with Crippen molar-refractivity contribution < 1.29 is 28.6 Å². The molecule has 0 atom stereocenters. The molecule has 3 rings (SSSR count). The molecule has 0 aliphatic carbocycles. The smallest absolute Gasteiger partial charge is 0.343 e. The molecule has 0 saturated heterocycles. The first kappa shape index (κ1) is 27.4. The average Bonchev–Trinajstić information content (AvgIpc) is 2.91. The second kappa shape index (κ2) is 13.8. The highest BCUT2D eigenvalue weighted by atomic mass is 79.9. The molecular formula is C27H26BrN3O6. The summed E-state index contributed by atoms with van der Waals surface area (Å²) in [7, 11) is 1.45. The fourth-order valence-electron chi connectivity index (χ4n) is 3.03. The van der Waals surface area contributed by atoms with E-state index in [2.05, 4.69) is 31.8 Å². The van der Waals surface area contributed by atoms with Crippen molar-refractivity contribution in [2.24, 2.45) is 5.10 Å². The summed E-state index contributed by atoms with van der Waals surface area (Å²) in [5, 5.41) is 6.41. The molecule has 0 aliphatic heterocycles. The molecule has 0 spiro atoms. The Morgan fingerprint density at radius 2 is 1.76 bits per heavy atom. The molecule has 0 bridgehead atoms. The fourth-order valence-corrected chi connectivity index (χ4v) is 3.42. The number of rotatable bonds is 11. The van der Waals surface area contributed by atoms with E-state index in [1.807, 2.05) is 6.92 Å². The maximum atomic E-state index is 12.5. The van der Waals surface area contributed by atoms with Gasteiger partial charge in [0.25, 0.3) is 11.8 Å². The van der Waals surface area contributed by atoms with Crippen LogP contribution in [0, 0.1) is 0 Å². The Bertz CT molecular complexity index is 1280. The number of halogens is 1. The minimum atomic E-state index is -0.543. The third kappa shape index (κ3) is 8.46. The predicted octanol–water partition coefficient (Wildman–Crippen LogP) is 4.35. The van der Waals surface area contributed by atoms with Crippen LogP contribution in [0.2, 0.25) is 0 Å². The van der Waals surface area contributed by atoms with E-state index in [1.165, 1.54) is 13.3 Å². The minimum absolute atomic E-state index is 0.232. The molecule has 37 heavy (non-hydrogen) atoms.